The molecule has 2 aromatic carbocycles. The van der Waals surface area contributed by atoms with Gasteiger partial charge in [-0.25, -0.2) is 14.8 Å². The molecule has 138 valence electrons. The Bertz CT molecular complexity index is 967. The third-order valence-electron chi connectivity index (χ3n) is 3.82. The minimum absolute atomic E-state index is 0.118. The van der Waals surface area contributed by atoms with Crippen LogP contribution in [-0.2, 0) is 11.2 Å². The number of nitrogens with one attached hydrogen (secondary N) is 1. The number of hydrazone groups is 1. The van der Waals surface area contributed by atoms with E-state index in [1.807, 2.05) is 36.6 Å². The van der Waals surface area contributed by atoms with Crippen molar-refractivity contribution >= 4 is 23.0 Å². The van der Waals surface area contributed by atoms with Gasteiger partial charge < -0.3 is 4.74 Å². The molecule has 1 heterocycles. The second kappa shape index (κ2) is 8.55. The van der Waals surface area contributed by atoms with Gasteiger partial charge in [0.1, 0.15) is 16.6 Å². The molecule has 3 rings (SSSR count). The molecular weight excluding hydrogens is 365 g/mol. The van der Waals surface area contributed by atoms with Crippen LogP contribution in [0.25, 0.3) is 10.6 Å². The summed E-state index contributed by atoms with van der Waals surface area (Å²) in [5.41, 5.74) is 5.55. The highest BCUT2D eigenvalue weighted by Gasteiger charge is 2.09. The number of carbonyl (C=O) groups is 1. The first kappa shape index (κ1) is 18.7. The monoisotopic (exact) mass is 383 g/mol. The lowest BCUT2D eigenvalue weighted by Gasteiger charge is -2.04. The van der Waals surface area contributed by atoms with E-state index in [0.29, 0.717) is 11.4 Å². The smallest absolute Gasteiger partial charge is 0.246 e. The molecule has 0 aliphatic heterocycles. The SMILES string of the molecule is COc1cccc(/C(C)=N\NC(=O)Cc2csc(-c3ccc(F)cc3)n2)c1. The van der Waals surface area contributed by atoms with Gasteiger partial charge in [-0.05, 0) is 43.3 Å². The van der Waals surface area contributed by atoms with Gasteiger partial charge in [0.25, 0.3) is 0 Å². The van der Waals surface area contributed by atoms with Crippen LogP contribution in [0.3, 0.4) is 0 Å². The molecule has 0 aliphatic rings. The van der Waals surface area contributed by atoms with Crippen molar-refractivity contribution in [3.8, 4) is 16.3 Å². The van der Waals surface area contributed by atoms with Crippen LogP contribution >= 0.6 is 11.3 Å². The highest BCUT2D eigenvalue weighted by Crippen LogP contribution is 2.24. The number of carbonyl (C=O) groups excluding carboxylic acids is 1. The van der Waals surface area contributed by atoms with Crippen molar-refractivity contribution in [3.63, 3.8) is 0 Å². The fourth-order valence-electron chi connectivity index (χ4n) is 2.38. The molecular formula is C20H18FN3O2S. The van der Waals surface area contributed by atoms with E-state index in [-0.39, 0.29) is 18.1 Å². The fourth-order valence-corrected chi connectivity index (χ4v) is 3.20. The molecule has 3 aromatic rings. The van der Waals surface area contributed by atoms with Crippen molar-refractivity contribution in [1.82, 2.24) is 10.4 Å². The van der Waals surface area contributed by atoms with Gasteiger partial charge in [-0.2, -0.15) is 5.10 Å². The predicted molar refractivity (Wildman–Crippen MR) is 105 cm³/mol. The lowest BCUT2D eigenvalue weighted by molar-refractivity contribution is -0.120. The Morgan fingerprint density at radius 1 is 1.26 bits per heavy atom. The standard InChI is InChI=1S/C20H18FN3O2S/c1-13(15-4-3-5-18(10-15)26-2)23-24-19(25)11-17-12-27-20(22-17)14-6-8-16(21)9-7-14/h3-10,12H,11H2,1-2H3,(H,24,25)/b23-13-. The summed E-state index contributed by atoms with van der Waals surface area (Å²) >= 11 is 1.41. The number of ether oxygens (including phenoxy) is 1. The van der Waals surface area contributed by atoms with Crippen LogP contribution in [0.5, 0.6) is 5.75 Å². The lowest BCUT2D eigenvalue weighted by atomic mass is 10.1. The van der Waals surface area contributed by atoms with Gasteiger partial charge in [0.2, 0.25) is 5.91 Å². The molecule has 0 atom stereocenters. The third kappa shape index (κ3) is 4.98. The summed E-state index contributed by atoms with van der Waals surface area (Å²) in [6.45, 7) is 1.81. The van der Waals surface area contributed by atoms with Crippen LogP contribution in [-0.4, -0.2) is 23.7 Å². The van der Waals surface area contributed by atoms with Gasteiger partial charge >= 0.3 is 0 Å². The first-order chi connectivity index (χ1) is 13.0. The topological polar surface area (TPSA) is 63.6 Å². The van der Waals surface area contributed by atoms with Crippen LogP contribution in [0.4, 0.5) is 4.39 Å². The summed E-state index contributed by atoms with van der Waals surface area (Å²) < 4.78 is 18.2. The second-order valence-electron chi connectivity index (χ2n) is 5.79. The van der Waals surface area contributed by atoms with E-state index >= 15 is 0 Å². The molecule has 0 saturated heterocycles. The summed E-state index contributed by atoms with van der Waals surface area (Å²) in [7, 11) is 1.60. The normalized spacial score (nSPS) is 11.3. The maximum absolute atomic E-state index is 13.0. The summed E-state index contributed by atoms with van der Waals surface area (Å²) in [4.78, 5) is 16.6. The molecule has 0 spiro atoms. The Morgan fingerprint density at radius 3 is 2.78 bits per heavy atom. The first-order valence-electron chi connectivity index (χ1n) is 8.23. The summed E-state index contributed by atoms with van der Waals surface area (Å²) in [6.07, 6.45) is 0.118. The molecule has 1 aromatic heterocycles. The van der Waals surface area contributed by atoms with Crippen molar-refractivity contribution in [1.29, 1.82) is 0 Å². The third-order valence-corrected chi connectivity index (χ3v) is 4.76. The number of hydrogen-bond acceptors (Lipinski definition) is 5. The van der Waals surface area contributed by atoms with Crippen LogP contribution in [0.15, 0.2) is 59.0 Å². The largest absolute Gasteiger partial charge is 0.497 e. The van der Waals surface area contributed by atoms with Crippen molar-refractivity contribution < 1.29 is 13.9 Å². The Morgan fingerprint density at radius 2 is 2.04 bits per heavy atom. The van der Waals surface area contributed by atoms with E-state index in [0.717, 1.165) is 21.9 Å². The molecule has 1 amide bonds. The molecule has 0 unspecified atom stereocenters. The van der Waals surface area contributed by atoms with Gasteiger partial charge in [-0.3, -0.25) is 4.79 Å². The highest BCUT2D eigenvalue weighted by molar-refractivity contribution is 7.13. The maximum atomic E-state index is 13.0. The molecule has 0 radical (unpaired) electrons. The quantitative estimate of drug-likeness (QED) is 0.516. The van der Waals surface area contributed by atoms with E-state index < -0.39 is 0 Å². The van der Waals surface area contributed by atoms with Crippen molar-refractivity contribution in [2.75, 3.05) is 7.11 Å². The van der Waals surface area contributed by atoms with Gasteiger partial charge in [-0.15, -0.1) is 11.3 Å². The number of aromatic nitrogens is 1. The number of benzene rings is 2. The zero-order chi connectivity index (χ0) is 19.2. The second-order valence-corrected chi connectivity index (χ2v) is 6.65. The highest BCUT2D eigenvalue weighted by atomic mass is 32.1. The zero-order valence-electron chi connectivity index (χ0n) is 14.9. The van der Waals surface area contributed by atoms with Crippen LogP contribution in [0, 0.1) is 5.82 Å². The summed E-state index contributed by atoms with van der Waals surface area (Å²) in [6, 6.07) is 13.6. The van der Waals surface area contributed by atoms with Crippen molar-refractivity contribution in [2.45, 2.75) is 13.3 Å². The first-order valence-corrected chi connectivity index (χ1v) is 9.11. The van der Waals surface area contributed by atoms with Crippen LogP contribution < -0.4 is 10.2 Å². The number of halogens is 1. The number of methoxy groups -OCH3 is 1. The van der Waals surface area contributed by atoms with Crippen LogP contribution in [0.2, 0.25) is 0 Å². The van der Waals surface area contributed by atoms with Crippen molar-refractivity contribution in [3.05, 3.63) is 71.0 Å². The van der Waals surface area contributed by atoms with Gasteiger partial charge in [-0.1, -0.05) is 12.1 Å². The van der Waals surface area contributed by atoms with E-state index in [1.165, 1.54) is 23.5 Å². The van der Waals surface area contributed by atoms with E-state index in [4.69, 9.17) is 4.74 Å². The number of thiazole rings is 1. The van der Waals surface area contributed by atoms with Crippen molar-refractivity contribution in [2.24, 2.45) is 5.10 Å². The van der Waals surface area contributed by atoms with Gasteiger partial charge in [0.05, 0.1) is 24.9 Å². The van der Waals surface area contributed by atoms with Crippen LogP contribution in [0.1, 0.15) is 18.2 Å². The molecule has 0 saturated carbocycles. The molecule has 0 bridgehead atoms. The van der Waals surface area contributed by atoms with E-state index in [1.54, 1.807) is 19.2 Å². The predicted octanol–water partition coefficient (Wildman–Crippen LogP) is 4.04. The number of amides is 1. The molecule has 7 heteroatoms. The Balaban J connectivity index is 1.61. The Hall–Kier alpha value is -3.06. The average molecular weight is 383 g/mol. The minimum Gasteiger partial charge on any atom is -0.497 e. The van der Waals surface area contributed by atoms with Gasteiger partial charge in [0.15, 0.2) is 0 Å². The summed E-state index contributed by atoms with van der Waals surface area (Å²) in [5, 5.41) is 6.70. The molecule has 1 N–H and O–H groups in total. The van der Waals surface area contributed by atoms with Gasteiger partial charge in [0, 0.05) is 16.5 Å². The lowest BCUT2D eigenvalue weighted by Crippen LogP contribution is -2.21. The molecule has 0 fully saturated rings. The van der Waals surface area contributed by atoms with E-state index in [2.05, 4.69) is 15.5 Å². The Labute approximate surface area is 160 Å². The Kier molecular flexibility index (Phi) is 5.93. The average Bonchev–Trinajstić information content (AvgIpc) is 3.15. The number of rotatable bonds is 6. The maximum Gasteiger partial charge on any atom is 0.246 e. The molecule has 0 aliphatic carbocycles. The van der Waals surface area contributed by atoms with E-state index in [9.17, 15) is 9.18 Å². The number of nitrogens with zero attached hydrogens (tertiary/aromatic N) is 2. The minimum atomic E-state index is -0.292. The molecule has 5 nitrogen and oxygen atoms in total. The number of hydrogen-bond donors (Lipinski definition) is 1. The zero-order valence-corrected chi connectivity index (χ0v) is 15.7. The molecule has 27 heavy (non-hydrogen) atoms. The fraction of sp³-hybridized carbons (Fsp3) is 0.150. The summed E-state index contributed by atoms with van der Waals surface area (Å²) in [5.74, 6) is 0.177.